The Kier molecular flexibility index (Phi) is 5.76. The summed E-state index contributed by atoms with van der Waals surface area (Å²) in [6.07, 6.45) is 13.1. The highest BCUT2D eigenvalue weighted by Gasteiger charge is 2.66. The molecule has 0 aromatic carbocycles. The van der Waals surface area contributed by atoms with E-state index in [2.05, 4.69) is 58.2 Å². The van der Waals surface area contributed by atoms with Crippen LogP contribution >= 0.6 is 0 Å². The van der Waals surface area contributed by atoms with Crippen molar-refractivity contribution in [3.63, 3.8) is 0 Å². The van der Waals surface area contributed by atoms with Crippen LogP contribution in [0.3, 0.4) is 0 Å². The van der Waals surface area contributed by atoms with Crippen LogP contribution < -0.4 is 5.32 Å². The summed E-state index contributed by atoms with van der Waals surface area (Å²) in [7, 11) is 0. The fourth-order valence-corrected chi connectivity index (χ4v) is 8.95. The Hall–Kier alpha value is -2.61. The number of allylic oxidation sites excluding steroid dienone is 7. The molecule has 0 aromatic rings. The number of carbonyl (C=O) groups excluding carboxylic acids is 2. The van der Waals surface area contributed by atoms with Gasteiger partial charge >= 0.3 is 6.09 Å². The number of hydrogen-bond acceptors (Lipinski definition) is 4. The SMILES string of the molecule is CCNC(=O)OC1=C(C)C2=CC=C3[C@@](C)(CC[C@@]4(C)[C@@H]5C[C@](C)(C#N)CC[C@]5(C)CC[C@]34C)C2=CC1=O. The minimum Gasteiger partial charge on any atom is -0.406 e. The van der Waals surface area contributed by atoms with E-state index in [9.17, 15) is 14.9 Å². The van der Waals surface area contributed by atoms with Gasteiger partial charge in [-0.25, -0.2) is 4.79 Å². The molecule has 0 spiro atoms. The molecular formula is C32H42N2O3. The summed E-state index contributed by atoms with van der Waals surface area (Å²) in [5.41, 5.74) is 4.10. The smallest absolute Gasteiger partial charge is 0.406 e. The molecule has 5 nitrogen and oxygen atoms in total. The first-order chi connectivity index (χ1) is 17.3. The number of amides is 1. The van der Waals surface area contributed by atoms with Gasteiger partial charge in [-0.05, 0) is 105 Å². The number of rotatable bonds is 2. The van der Waals surface area contributed by atoms with Crippen LogP contribution in [0.5, 0.6) is 0 Å². The molecule has 5 aliphatic carbocycles. The summed E-state index contributed by atoms with van der Waals surface area (Å²) in [5.74, 6) is 0.387. The third-order valence-electron chi connectivity index (χ3n) is 11.6. The average molecular weight is 503 g/mol. The lowest BCUT2D eigenvalue weighted by atomic mass is 9.34. The molecule has 0 bridgehead atoms. The Morgan fingerprint density at radius 2 is 1.78 bits per heavy atom. The number of nitriles is 1. The maximum atomic E-state index is 13.3. The Morgan fingerprint density at radius 3 is 2.46 bits per heavy atom. The number of fused-ring (bicyclic) bond motifs is 7. The molecule has 37 heavy (non-hydrogen) atoms. The van der Waals surface area contributed by atoms with Gasteiger partial charge < -0.3 is 10.1 Å². The number of ether oxygens (including phenoxy) is 1. The third kappa shape index (κ3) is 3.47. The first-order valence-electron chi connectivity index (χ1n) is 14.0. The zero-order valence-corrected chi connectivity index (χ0v) is 23.6. The molecule has 0 radical (unpaired) electrons. The molecule has 6 atom stereocenters. The van der Waals surface area contributed by atoms with Crippen LogP contribution in [0, 0.1) is 44.3 Å². The summed E-state index contributed by atoms with van der Waals surface area (Å²) in [4.78, 5) is 25.4. The summed E-state index contributed by atoms with van der Waals surface area (Å²) in [6.45, 7) is 16.1. The zero-order valence-electron chi connectivity index (χ0n) is 23.6. The van der Waals surface area contributed by atoms with Crippen LogP contribution in [0.15, 0.2) is 46.3 Å². The second-order valence-electron chi connectivity index (χ2n) is 13.6. The monoisotopic (exact) mass is 502 g/mol. The van der Waals surface area contributed by atoms with Crippen LogP contribution in [0.25, 0.3) is 0 Å². The lowest BCUT2D eigenvalue weighted by molar-refractivity contribution is -0.155. The highest BCUT2D eigenvalue weighted by Crippen LogP contribution is 2.75. The Morgan fingerprint density at radius 1 is 1.08 bits per heavy atom. The van der Waals surface area contributed by atoms with E-state index in [1.807, 2.05) is 13.8 Å². The topological polar surface area (TPSA) is 79.2 Å². The number of nitrogens with zero attached hydrogens (tertiary/aromatic N) is 1. The van der Waals surface area contributed by atoms with E-state index in [0.717, 1.165) is 55.2 Å². The summed E-state index contributed by atoms with van der Waals surface area (Å²) >= 11 is 0. The molecule has 5 aliphatic rings. The summed E-state index contributed by atoms with van der Waals surface area (Å²) in [6, 6.07) is 2.68. The summed E-state index contributed by atoms with van der Waals surface area (Å²) < 4.78 is 5.44. The van der Waals surface area contributed by atoms with Crippen LogP contribution in [0.1, 0.15) is 93.4 Å². The van der Waals surface area contributed by atoms with E-state index in [0.29, 0.717) is 12.5 Å². The average Bonchev–Trinajstić information content (AvgIpc) is 2.85. The first-order valence-corrected chi connectivity index (χ1v) is 14.0. The number of carbonyl (C=O) groups is 2. The Balaban J connectivity index is 1.58. The van der Waals surface area contributed by atoms with Crippen molar-refractivity contribution in [2.45, 2.75) is 93.4 Å². The minimum atomic E-state index is -0.594. The van der Waals surface area contributed by atoms with Crippen molar-refractivity contribution in [1.82, 2.24) is 5.32 Å². The third-order valence-corrected chi connectivity index (χ3v) is 11.6. The largest absolute Gasteiger partial charge is 0.412 e. The van der Waals surface area contributed by atoms with E-state index in [-0.39, 0.29) is 38.6 Å². The Labute approximate surface area is 222 Å². The van der Waals surface area contributed by atoms with Crippen molar-refractivity contribution in [2.75, 3.05) is 6.54 Å². The fourth-order valence-electron chi connectivity index (χ4n) is 8.95. The molecule has 0 heterocycles. The van der Waals surface area contributed by atoms with Crippen LogP contribution in [0.2, 0.25) is 0 Å². The van der Waals surface area contributed by atoms with Gasteiger partial charge in [0.05, 0.1) is 11.5 Å². The zero-order chi connectivity index (χ0) is 27.0. The lowest BCUT2D eigenvalue weighted by Gasteiger charge is -2.69. The predicted molar refractivity (Wildman–Crippen MR) is 144 cm³/mol. The van der Waals surface area contributed by atoms with Gasteiger partial charge in [-0.2, -0.15) is 5.26 Å². The second kappa shape index (κ2) is 8.19. The molecule has 198 valence electrons. The molecule has 3 fully saturated rings. The predicted octanol–water partition coefficient (Wildman–Crippen LogP) is 7.32. The fraction of sp³-hybridized carbons (Fsp3) is 0.656. The van der Waals surface area contributed by atoms with Gasteiger partial charge in [-0.15, -0.1) is 0 Å². The highest BCUT2D eigenvalue weighted by atomic mass is 16.6. The number of ketones is 1. The second-order valence-corrected chi connectivity index (χ2v) is 13.6. The van der Waals surface area contributed by atoms with E-state index >= 15 is 0 Å². The van der Waals surface area contributed by atoms with Gasteiger partial charge in [0, 0.05) is 17.5 Å². The van der Waals surface area contributed by atoms with Gasteiger partial charge in [0.25, 0.3) is 0 Å². The normalized spacial score (nSPS) is 42.6. The van der Waals surface area contributed by atoms with Crippen molar-refractivity contribution >= 4 is 11.9 Å². The maximum Gasteiger partial charge on any atom is 0.412 e. The van der Waals surface area contributed by atoms with Gasteiger partial charge in [-0.1, -0.05) is 45.4 Å². The van der Waals surface area contributed by atoms with Crippen molar-refractivity contribution in [1.29, 1.82) is 5.26 Å². The molecule has 0 aromatic heterocycles. The Bertz CT molecular complexity index is 1250. The molecule has 3 saturated carbocycles. The van der Waals surface area contributed by atoms with Crippen molar-refractivity contribution in [3.8, 4) is 6.07 Å². The molecule has 0 unspecified atom stereocenters. The van der Waals surface area contributed by atoms with E-state index in [1.165, 1.54) is 12.0 Å². The lowest BCUT2D eigenvalue weighted by Crippen LogP contribution is -2.61. The first kappa shape index (κ1) is 26.0. The van der Waals surface area contributed by atoms with Gasteiger partial charge in [0.15, 0.2) is 5.76 Å². The molecular weight excluding hydrogens is 460 g/mol. The summed E-state index contributed by atoms with van der Waals surface area (Å²) in [5, 5.41) is 12.6. The van der Waals surface area contributed by atoms with E-state index < -0.39 is 6.09 Å². The van der Waals surface area contributed by atoms with Crippen LogP contribution in [-0.2, 0) is 9.53 Å². The van der Waals surface area contributed by atoms with E-state index in [1.54, 1.807) is 6.08 Å². The van der Waals surface area contributed by atoms with Crippen molar-refractivity contribution in [3.05, 3.63) is 46.3 Å². The number of hydrogen-bond donors (Lipinski definition) is 1. The molecule has 1 amide bonds. The minimum absolute atomic E-state index is 0.0147. The van der Waals surface area contributed by atoms with E-state index in [4.69, 9.17) is 4.74 Å². The van der Waals surface area contributed by atoms with Crippen molar-refractivity contribution < 1.29 is 14.3 Å². The van der Waals surface area contributed by atoms with Gasteiger partial charge in [-0.3, -0.25) is 4.79 Å². The van der Waals surface area contributed by atoms with Crippen LogP contribution in [0.4, 0.5) is 4.79 Å². The highest BCUT2D eigenvalue weighted by molar-refractivity contribution is 6.08. The molecule has 5 rings (SSSR count). The van der Waals surface area contributed by atoms with Crippen LogP contribution in [-0.4, -0.2) is 18.4 Å². The molecule has 5 heteroatoms. The molecule has 0 saturated heterocycles. The quantitative estimate of drug-likeness (QED) is 0.429. The van der Waals surface area contributed by atoms with Gasteiger partial charge in [0.2, 0.25) is 5.78 Å². The van der Waals surface area contributed by atoms with Gasteiger partial charge in [0.1, 0.15) is 0 Å². The van der Waals surface area contributed by atoms with Crippen molar-refractivity contribution in [2.24, 2.45) is 33.0 Å². The number of nitrogens with one attached hydrogen (secondary N) is 1. The maximum absolute atomic E-state index is 13.3. The molecule has 0 aliphatic heterocycles. The standard InChI is InChI=1S/C32H42N2O3/c1-8-34-27(36)37-26-20(2)21-9-10-24-30(5,22(21)17-23(26)35)14-16-32(7)25-18-28(3,19-33)11-12-29(25,4)13-15-31(24,32)6/h9-10,17,25H,8,11-16,18H2,1-7H3,(H,34,36)/t25-,28-,29-,30+,31-,32+/m1/s1. The number of alkyl carbamates (subject to hydrolysis) is 1. The molecule has 1 N–H and O–H groups in total.